The Morgan fingerprint density at radius 3 is 2.63 bits per heavy atom. The average molecular weight is 544 g/mol. The number of methoxy groups -OCH3 is 2. The molecule has 0 saturated heterocycles. The van der Waals surface area contributed by atoms with Gasteiger partial charge in [0, 0.05) is 42.3 Å². The fourth-order valence-electron chi connectivity index (χ4n) is 4.85. The molecule has 184 valence electrons. The Kier molecular flexibility index (Phi) is 7.72. The number of benzene rings is 2. The van der Waals surface area contributed by atoms with E-state index in [2.05, 4.69) is 21.2 Å². The van der Waals surface area contributed by atoms with Gasteiger partial charge < -0.3 is 19.5 Å². The van der Waals surface area contributed by atoms with Crippen molar-refractivity contribution in [3.63, 3.8) is 0 Å². The van der Waals surface area contributed by atoms with Gasteiger partial charge in [0.1, 0.15) is 18.2 Å². The third-order valence-electron chi connectivity index (χ3n) is 6.42. The maximum Gasteiger partial charge on any atom is 0.336 e. The summed E-state index contributed by atoms with van der Waals surface area (Å²) in [5, 5.41) is 3.31. The zero-order valence-corrected chi connectivity index (χ0v) is 21.4. The van der Waals surface area contributed by atoms with E-state index in [4.69, 9.17) is 14.2 Å². The lowest BCUT2D eigenvalue weighted by atomic mass is 9.71. The Labute approximate surface area is 212 Å². The van der Waals surface area contributed by atoms with Crippen LogP contribution in [0.15, 0.2) is 69.5 Å². The molecule has 1 heterocycles. The van der Waals surface area contributed by atoms with Crippen LogP contribution in [0, 0.1) is 5.82 Å². The molecule has 35 heavy (non-hydrogen) atoms. The number of dihydropyridines is 1. The minimum absolute atomic E-state index is 0.0743. The fraction of sp³-hybridized carbons (Fsp3) is 0.333. The zero-order valence-electron chi connectivity index (χ0n) is 19.8. The molecule has 2 aromatic rings. The van der Waals surface area contributed by atoms with Crippen molar-refractivity contribution in [2.24, 2.45) is 0 Å². The number of carbonyl (C=O) groups is 2. The third-order valence-corrected chi connectivity index (χ3v) is 7.03. The van der Waals surface area contributed by atoms with Gasteiger partial charge in [0.25, 0.3) is 0 Å². The average Bonchev–Trinajstić information content (AvgIpc) is 2.84. The molecule has 0 spiro atoms. The highest BCUT2D eigenvalue weighted by atomic mass is 79.9. The monoisotopic (exact) mass is 543 g/mol. The Morgan fingerprint density at radius 2 is 1.91 bits per heavy atom. The first-order valence-corrected chi connectivity index (χ1v) is 12.1. The highest BCUT2D eigenvalue weighted by molar-refractivity contribution is 9.10. The van der Waals surface area contributed by atoms with Crippen LogP contribution in [0.3, 0.4) is 0 Å². The first-order valence-electron chi connectivity index (χ1n) is 11.3. The third kappa shape index (κ3) is 5.04. The Morgan fingerprint density at radius 1 is 1.14 bits per heavy atom. The summed E-state index contributed by atoms with van der Waals surface area (Å²) in [5.74, 6) is -1.05. The molecule has 0 aromatic heterocycles. The summed E-state index contributed by atoms with van der Waals surface area (Å²) < 4.78 is 30.3. The molecule has 2 aromatic carbocycles. The molecule has 2 atom stereocenters. The van der Waals surface area contributed by atoms with E-state index in [1.165, 1.54) is 13.2 Å². The molecular weight excluding hydrogens is 517 g/mol. The number of para-hydroxylation sites is 1. The van der Waals surface area contributed by atoms with Gasteiger partial charge in [-0.1, -0.05) is 24.3 Å². The SMILES string of the molecule is COCCOC(=O)C1=C(C)NC2=C(C(=O)C[C@H](c3ccccc3OC)C2)[C@H]1c1ccc(F)c(Br)c1. The van der Waals surface area contributed by atoms with Crippen LogP contribution in [0.5, 0.6) is 5.75 Å². The number of esters is 1. The van der Waals surface area contributed by atoms with Crippen LogP contribution in [-0.2, 0) is 19.1 Å². The molecule has 1 N–H and O–H groups in total. The normalized spacial score (nSPS) is 19.9. The second-order valence-corrected chi connectivity index (χ2v) is 9.42. The minimum atomic E-state index is -0.677. The molecular formula is C27H27BrFNO5. The van der Waals surface area contributed by atoms with Crippen molar-refractivity contribution in [3.8, 4) is 5.75 Å². The van der Waals surface area contributed by atoms with E-state index >= 15 is 0 Å². The van der Waals surface area contributed by atoms with E-state index in [1.807, 2.05) is 24.3 Å². The number of halogens is 2. The molecule has 1 aliphatic heterocycles. The molecule has 4 rings (SSSR count). The number of ether oxygens (including phenoxy) is 3. The van der Waals surface area contributed by atoms with Gasteiger partial charge in [-0.15, -0.1) is 0 Å². The van der Waals surface area contributed by atoms with Crippen LogP contribution >= 0.6 is 15.9 Å². The molecule has 0 saturated carbocycles. The second-order valence-electron chi connectivity index (χ2n) is 8.56. The molecule has 0 fully saturated rings. The number of Topliss-reactive ketones (excluding diaryl/α,β-unsaturated/α-hetero) is 1. The number of ketones is 1. The number of rotatable bonds is 7. The lowest BCUT2D eigenvalue weighted by Gasteiger charge is -2.37. The van der Waals surface area contributed by atoms with Gasteiger partial charge in [-0.2, -0.15) is 0 Å². The van der Waals surface area contributed by atoms with Gasteiger partial charge in [-0.25, -0.2) is 9.18 Å². The Hall–Kier alpha value is -2.97. The van der Waals surface area contributed by atoms with Crippen molar-refractivity contribution in [3.05, 3.63) is 86.4 Å². The van der Waals surface area contributed by atoms with E-state index in [-0.39, 0.29) is 35.8 Å². The van der Waals surface area contributed by atoms with E-state index < -0.39 is 17.7 Å². The van der Waals surface area contributed by atoms with Crippen molar-refractivity contribution in [1.29, 1.82) is 0 Å². The summed E-state index contributed by atoms with van der Waals surface area (Å²) >= 11 is 3.24. The largest absolute Gasteiger partial charge is 0.496 e. The van der Waals surface area contributed by atoms with Gasteiger partial charge in [0.2, 0.25) is 0 Å². The molecule has 1 aliphatic carbocycles. The van der Waals surface area contributed by atoms with E-state index in [0.717, 1.165) is 17.0 Å². The smallest absolute Gasteiger partial charge is 0.336 e. The topological polar surface area (TPSA) is 73.9 Å². The molecule has 0 unspecified atom stereocenters. The van der Waals surface area contributed by atoms with E-state index in [0.29, 0.717) is 28.8 Å². The van der Waals surface area contributed by atoms with Crippen molar-refractivity contribution in [2.45, 2.75) is 31.6 Å². The number of hydrogen-bond acceptors (Lipinski definition) is 6. The summed E-state index contributed by atoms with van der Waals surface area (Å²) in [6, 6.07) is 12.2. The summed E-state index contributed by atoms with van der Waals surface area (Å²) in [4.78, 5) is 26.8. The number of hydrogen-bond donors (Lipinski definition) is 1. The predicted octanol–water partition coefficient (Wildman–Crippen LogP) is 5.15. The Bertz CT molecular complexity index is 1220. The van der Waals surface area contributed by atoms with E-state index in [1.54, 1.807) is 26.2 Å². The van der Waals surface area contributed by atoms with Crippen LogP contribution in [-0.4, -0.2) is 39.2 Å². The molecule has 0 amide bonds. The van der Waals surface area contributed by atoms with Crippen LogP contribution < -0.4 is 10.1 Å². The van der Waals surface area contributed by atoms with E-state index in [9.17, 15) is 14.0 Å². The van der Waals surface area contributed by atoms with Gasteiger partial charge in [-0.3, -0.25) is 4.79 Å². The van der Waals surface area contributed by atoms with Gasteiger partial charge in [-0.05, 0) is 58.6 Å². The van der Waals surface area contributed by atoms with Crippen LogP contribution in [0.1, 0.15) is 42.7 Å². The van der Waals surface area contributed by atoms with Crippen LogP contribution in [0.2, 0.25) is 0 Å². The maximum atomic E-state index is 14.1. The molecule has 0 radical (unpaired) electrons. The maximum absolute atomic E-state index is 14.1. The lowest BCUT2D eigenvalue weighted by Crippen LogP contribution is -2.36. The molecule has 6 nitrogen and oxygen atoms in total. The van der Waals surface area contributed by atoms with Crippen molar-refractivity contribution in [1.82, 2.24) is 5.32 Å². The van der Waals surface area contributed by atoms with Crippen LogP contribution in [0.25, 0.3) is 0 Å². The summed E-state index contributed by atoms with van der Waals surface area (Å²) in [7, 11) is 3.14. The second kappa shape index (κ2) is 10.7. The van der Waals surface area contributed by atoms with Gasteiger partial charge >= 0.3 is 5.97 Å². The van der Waals surface area contributed by atoms with Gasteiger partial charge in [0.15, 0.2) is 5.78 Å². The predicted molar refractivity (Wildman–Crippen MR) is 133 cm³/mol. The van der Waals surface area contributed by atoms with Crippen molar-refractivity contribution < 1.29 is 28.2 Å². The minimum Gasteiger partial charge on any atom is -0.496 e. The fourth-order valence-corrected chi connectivity index (χ4v) is 5.25. The highest BCUT2D eigenvalue weighted by Gasteiger charge is 2.42. The zero-order chi connectivity index (χ0) is 25.1. The van der Waals surface area contributed by atoms with Gasteiger partial charge in [0.05, 0.1) is 23.8 Å². The quantitative estimate of drug-likeness (QED) is 0.384. The van der Waals surface area contributed by atoms with Crippen molar-refractivity contribution >= 4 is 27.7 Å². The molecule has 8 heteroatoms. The molecule has 0 bridgehead atoms. The van der Waals surface area contributed by atoms with Crippen molar-refractivity contribution in [2.75, 3.05) is 27.4 Å². The Balaban J connectivity index is 1.78. The van der Waals surface area contributed by atoms with Crippen LogP contribution in [0.4, 0.5) is 4.39 Å². The first-order chi connectivity index (χ1) is 16.8. The highest BCUT2D eigenvalue weighted by Crippen LogP contribution is 2.47. The number of allylic oxidation sites excluding steroid dienone is 3. The standard InChI is InChI=1S/C27H27BrFNO5/c1-15-24(27(32)35-11-10-33-2)25(16-8-9-20(29)19(28)12-16)26-21(30-15)13-17(14-22(26)31)18-6-4-5-7-23(18)34-3/h4-9,12,17,25,30H,10-11,13-14H2,1-3H3/t17-,25+/m1/s1. The lowest BCUT2D eigenvalue weighted by molar-refractivity contribution is -0.140. The summed E-state index contributed by atoms with van der Waals surface area (Å²) in [6.07, 6.45) is 0.842. The molecule has 2 aliphatic rings. The number of carbonyl (C=O) groups excluding carboxylic acids is 2. The summed E-state index contributed by atoms with van der Waals surface area (Å²) in [5.41, 5.74) is 3.80. The number of nitrogens with one attached hydrogen (secondary N) is 1. The first kappa shape index (κ1) is 25.1. The summed E-state index contributed by atoms with van der Waals surface area (Å²) in [6.45, 7) is 2.13.